The minimum atomic E-state index is -0.182. The lowest BCUT2D eigenvalue weighted by atomic mass is 10.1. The molecule has 18 heavy (non-hydrogen) atoms. The Balaban J connectivity index is 1.89. The molecule has 1 atom stereocenters. The third-order valence-corrected chi connectivity index (χ3v) is 4.03. The summed E-state index contributed by atoms with van der Waals surface area (Å²) in [6.07, 6.45) is 2.68. The van der Waals surface area contributed by atoms with Crippen molar-refractivity contribution in [3.63, 3.8) is 0 Å². The van der Waals surface area contributed by atoms with Crippen molar-refractivity contribution < 1.29 is 4.39 Å². The van der Waals surface area contributed by atoms with Crippen molar-refractivity contribution in [2.75, 3.05) is 6.54 Å². The van der Waals surface area contributed by atoms with Crippen LogP contribution in [0.25, 0.3) is 0 Å². The van der Waals surface area contributed by atoms with Gasteiger partial charge in [-0.1, -0.05) is 22.0 Å². The van der Waals surface area contributed by atoms with E-state index in [0.29, 0.717) is 5.56 Å². The van der Waals surface area contributed by atoms with Crippen LogP contribution in [0.15, 0.2) is 34.2 Å². The maximum atomic E-state index is 13.7. The highest BCUT2D eigenvalue weighted by Crippen LogP contribution is 2.20. The highest BCUT2D eigenvalue weighted by atomic mass is 79.9. The summed E-state index contributed by atoms with van der Waals surface area (Å²) in [6.45, 7) is 2.76. The van der Waals surface area contributed by atoms with E-state index in [1.807, 2.05) is 18.4 Å². The van der Waals surface area contributed by atoms with Gasteiger partial charge in [0.05, 0.1) is 5.01 Å². The third kappa shape index (κ3) is 3.60. The molecule has 1 aromatic carbocycles. The SMILES string of the molecule is CC(NCCc1nccs1)c1ccc(Br)cc1F. The van der Waals surface area contributed by atoms with Gasteiger partial charge in [0.15, 0.2) is 0 Å². The fourth-order valence-electron chi connectivity index (χ4n) is 1.73. The zero-order valence-corrected chi connectivity index (χ0v) is 12.4. The van der Waals surface area contributed by atoms with Crippen LogP contribution in [-0.4, -0.2) is 11.5 Å². The summed E-state index contributed by atoms with van der Waals surface area (Å²) >= 11 is 4.90. The van der Waals surface area contributed by atoms with Crippen LogP contribution in [0.4, 0.5) is 4.39 Å². The fraction of sp³-hybridized carbons (Fsp3) is 0.308. The van der Waals surface area contributed by atoms with Gasteiger partial charge in [0.1, 0.15) is 5.82 Å². The molecule has 0 aliphatic rings. The minimum Gasteiger partial charge on any atom is -0.310 e. The van der Waals surface area contributed by atoms with E-state index in [0.717, 1.165) is 22.4 Å². The molecule has 1 N–H and O–H groups in total. The maximum Gasteiger partial charge on any atom is 0.129 e. The van der Waals surface area contributed by atoms with Crippen molar-refractivity contribution in [1.82, 2.24) is 10.3 Å². The van der Waals surface area contributed by atoms with Gasteiger partial charge in [-0.25, -0.2) is 9.37 Å². The summed E-state index contributed by atoms with van der Waals surface area (Å²) in [7, 11) is 0. The lowest BCUT2D eigenvalue weighted by Gasteiger charge is -2.14. The summed E-state index contributed by atoms with van der Waals surface area (Å²) in [6, 6.07) is 5.16. The van der Waals surface area contributed by atoms with Gasteiger partial charge in [0.25, 0.3) is 0 Å². The summed E-state index contributed by atoms with van der Waals surface area (Å²) in [5, 5.41) is 6.38. The number of benzene rings is 1. The first-order valence-corrected chi connectivity index (χ1v) is 7.41. The molecule has 0 aliphatic carbocycles. The second-order valence-electron chi connectivity index (χ2n) is 4.02. The molecule has 0 saturated heterocycles. The highest BCUT2D eigenvalue weighted by molar-refractivity contribution is 9.10. The van der Waals surface area contributed by atoms with Crippen LogP contribution in [0.2, 0.25) is 0 Å². The van der Waals surface area contributed by atoms with E-state index >= 15 is 0 Å². The predicted octanol–water partition coefficient (Wildman–Crippen LogP) is 3.94. The van der Waals surface area contributed by atoms with Gasteiger partial charge < -0.3 is 5.32 Å². The number of hydrogen-bond acceptors (Lipinski definition) is 3. The lowest BCUT2D eigenvalue weighted by Crippen LogP contribution is -2.22. The van der Waals surface area contributed by atoms with E-state index in [-0.39, 0.29) is 11.9 Å². The van der Waals surface area contributed by atoms with Gasteiger partial charge in [-0.05, 0) is 19.1 Å². The predicted molar refractivity (Wildman–Crippen MR) is 76.3 cm³/mol. The molecule has 0 fully saturated rings. The molecule has 0 aliphatic heterocycles. The fourth-order valence-corrected chi connectivity index (χ4v) is 2.69. The van der Waals surface area contributed by atoms with Crippen molar-refractivity contribution in [3.05, 3.63) is 50.6 Å². The Morgan fingerprint density at radius 2 is 2.33 bits per heavy atom. The van der Waals surface area contributed by atoms with E-state index < -0.39 is 0 Å². The van der Waals surface area contributed by atoms with Gasteiger partial charge in [0.2, 0.25) is 0 Å². The molecule has 2 nitrogen and oxygen atoms in total. The number of nitrogens with zero attached hydrogens (tertiary/aromatic N) is 1. The van der Waals surface area contributed by atoms with Gasteiger partial charge in [-0.3, -0.25) is 0 Å². The molecular formula is C13H14BrFN2S. The van der Waals surface area contributed by atoms with E-state index in [1.54, 1.807) is 23.6 Å². The largest absolute Gasteiger partial charge is 0.310 e. The standard InChI is InChI=1S/C13H14BrFN2S/c1-9(11-3-2-10(14)8-12(11)15)16-5-4-13-17-6-7-18-13/h2-3,6-9,16H,4-5H2,1H3. The first-order chi connectivity index (χ1) is 8.66. The van der Waals surface area contributed by atoms with E-state index in [9.17, 15) is 4.39 Å². The monoisotopic (exact) mass is 328 g/mol. The van der Waals surface area contributed by atoms with Gasteiger partial charge in [-0.15, -0.1) is 11.3 Å². The van der Waals surface area contributed by atoms with Crippen LogP contribution in [0.3, 0.4) is 0 Å². The average Bonchev–Trinajstić information content (AvgIpc) is 2.81. The molecular weight excluding hydrogens is 315 g/mol. The first-order valence-electron chi connectivity index (χ1n) is 5.73. The van der Waals surface area contributed by atoms with Crippen molar-refractivity contribution in [2.45, 2.75) is 19.4 Å². The topological polar surface area (TPSA) is 24.9 Å². The van der Waals surface area contributed by atoms with Crippen LogP contribution in [0.5, 0.6) is 0 Å². The number of aromatic nitrogens is 1. The quantitative estimate of drug-likeness (QED) is 0.899. The molecule has 1 heterocycles. The van der Waals surface area contributed by atoms with Gasteiger partial charge in [0, 0.05) is 40.6 Å². The number of nitrogens with one attached hydrogen (secondary N) is 1. The molecule has 2 rings (SSSR count). The Morgan fingerprint density at radius 3 is 3.00 bits per heavy atom. The average molecular weight is 329 g/mol. The second kappa shape index (κ2) is 6.41. The van der Waals surface area contributed by atoms with E-state index in [1.165, 1.54) is 6.07 Å². The number of rotatable bonds is 5. The Kier molecular flexibility index (Phi) is 4.86. The molecule has 1 unspecified atom stereocenters. The van der Waals surface area contributed by atoms with E-state index in [2.05, 4.69) is 26.2 Å². The maximum absolute atomic E-state index is 13.7. The van der Waals surface area contributed by atoms with Crippen LogP contribution in [0, 0.1) is 5.82 Å². The van der Waals surface area contributed by atoms with Crippen molar-refractivity contribution in [2.24, 2.45) is 0 Å². The molecule has 0 bridgehead atoms. The van der Waals surface area contributed by atoms with Gasteiger partial charge >= 0.3 is 0 Å². The summed E-state index contributed by atoms with van der Waals surface area (Å²) in [5.41, 5.74) is 0.692. The summed E-state index contributed by atoms with van der Waals surface area (Å²) in [5.74, 6) is -0.182. The summed E-state index contributed by atoms with van der Waals surface area (Å²) < 4.78 is 14.5. The number of thiazole rings is 1. The highest BCUT2D eigenvalue weighted by Gasteiger charge is 2.10. The zero-order valence-electron chi connectivity index (χ0n) is 9.99. The Labute approximate surface area is 118 Å². The third-order valence-electron chi connectivity index (χ3n) is 2.70. The van der Waals surface area contributed by atoms with Crippen LogP contribution >= 0.6 is 27.3 Å². The second-order valence-corrected chi connectivity index (χ2v) is 5.91. The smallest absolute Gasteiger partial charge is 0.129 e. The van der Waals surface area contributed by atoms with Gasteiger partial charge in [-0.2, -0.15) is 0 Å². The van der Waals surface area contributed by atoms with Crippen LogP contribution < -0.4 is 5.32 Å². The molecule has 5 heteroatoms. The molecule has 0 spiro atoms. The molecule has 1 aromatic heterocycles. The Morgan fingerprint density at radius 1 is 1.50 bits per heavy atom. The molecule has 2 aromatic rings. The van der Waals surface area contributed by atoms with Crippen molar-refractivity contribution in [1.29, 1.82) is 0 Å². The normalized spacial score (nSPS) is 12.6. The van der Waals surface area contributed by atoms with Crippen molar-refractivity contribution in [3.8, 4) is 0 Å². The van der Waals surface area contributed by atoms with Crippen LogP contribution in [-0.2, 0) is 6.42 Å². The zero-order chi connectivity index (χ0) is 13.0. The Hall–Kier alpha value is -0.780. The van der Waals surface area contributed by atoms with Crippen LogP contribution in [0.1, 0.15) is 23.5 Å². The van der Waals surface area contributed by atoms with E-state index in [4.69, 9.17) is 0 Å². The number of hydrogen-bond donors (Lipinski definition) is 1. The Bertz CT molecular complexity index is 502. The molecule has 0 radical (unpaired) electrons. The minimum absolute atomic E-state index is 0.00179. The van der Waals surface area contributed by atoms with Crippen molar-refractivity contribution >= 4 is 27.3 Å². The number of halogens is 2. The summed E-state index contributed by atoms with van der Waals surface area (Å²) in [4.78, 5) is 4.21. The molecule has 0 saturated carbocycles. The molecule has 96 valence electrons. The first kappa shape index (κ1) is 13.6. The lowest BCUT2D eigenvalue weighted by molar-refractivity contribution is 0.530. The molecule has 0 amide bonds.